The van der Waals surface area contributed by atoms with E-state index in [1.165, 1.54) is 12.1 Å². The zero-order valence-corrected chi connectivity index (χ0v) is 28.7. The van der Waals surface area contributed by atoms with Crippen LogP contribution in [0.15, 0.2) is 120 Å². The van der Waals surface area contributed by atoms with E-state index >= 15 is 8.78 Å². The molecule has 47 heavy (non-hydrogen) atoms. The van der Waals surface area contributed by atoms with E-state index in [9.17, 15) is 19.0 Å². The Balaban J connectivity index is 1.71. The number of allylic oxidation sites excluding steroid dienone is 1. The number of rotatable bonds is 13. The van der Waals surface area contributed by atoms with E-state index in [4.69, 9.17) is 4.74 Å². The van der Waals surface area contributed by atoms with Gasteiger partial charge in [0.15, 0.2) is 5.78 Å². The van der Waals surface area contributed by atoms with Gasteiger partial charge in [0.2, 0.25) is 6.79 Å². The number of carbonyl (C=O) groups is 2. The van der Waals surface area contributed by atoms with Crippen molar-refractivity contribution in [2.75, 3.05) is 6.79 Å². The first-order valence-electron chi connectivity index (χ1n) is 14.9. The van der Waals surface area contributed by atoms with E-state index in [-0.39, 0.29) is 16.7 Å². The molecule has 2 atom stereocenters. The third kappa shape index (κ3) is 8.59. The molecule has 0 aliphatic rings. The zero-order valence-electron chi connectivity index (χ0n) is 26.2. The molecule has 0 spiro atoms. The van der Waals surface area contributed by atoms with Crippen LogP contribution in [0.1, 0.15) is 59.8 Å². The highest BCUT2D eigenvalue weighted by atomic mass is 79.9. The van der Waals surface area contributed by atoms with Crippen LogP contribution in [0.25, 0.3) is 6.08 Å². The molecule has 2 unspecified atom stereocenters. The van der Waals surface area contributed by atoms with Gasteiger partial charge in [-0.15, -0.1) is 0 Å². The van der Waals surface area contributed by atoms with Crippen molar-refractivity contribution in [1.82, 2.24) is 0 Å². The molecule has 0 aliphatic heterocycles. The van der Waals surface area contributed by atoms with Crippen molar-refractivity contribution in [2.24, 2.45) is 5.41 Å². The van der Waals surface area contributed by atoms with Crippen LogP contribution in [0.5, 0.6) is 0 Å². The number of Topliss-reactive ketones (excluding diaryl/α,β-unsaturated/α-hetero) is 1. The largest absolute Gasteiger partial charge is 0.438 e. The maximum Gasteiger partial charge on any atom is 0.404 e. The summed E-state index contributed by atoms with van der Waals surface area (Å²) in [6.45, 7) is 3.51. The smallest absolute Gasteiger partial charge is 0.404 e. The predicted molar refractivity (Wildman–Crippen MR) is 182 cm³/mol. The number of esters is 1. The minimum atomic E-state index is -5.66. The Morgan fingerprint density at radius 1 is 0.872 bits per heavy atom. The number of halogens is 3. The van der Waals surface area contributed by atoms with E-state index in [1.807, 2.05) is 78.9 Å². The van der Waals surface area contributed by atoms with Gasteiger partial charge in [0.1, 0.15) is 0 Å². The monoisotopic (exact) mass is 724 g/mol. The lowest BCUT2D eigenvalue weighted by Crippen LogP contribution is -2.38. The fraction of sp³-hybridized carbons (Fsp3) is 0.243. The standard InChI is InChI=1S/C37H36BrF2O6P/c1-35(2,3)34(42)45-26-46-47(43,44)37(39,40)31-22-21-28(24-32(31)38)25-36(30-19-11-6-12-20-30,33(41)29-17-9-5-10-18-29)23-13-16-27-14-7-4-8-15-27/h4-22,24H,23,25-26H2,1-3H3,(H,43,44)/b16-13+. The topological polar surface area (TPSA) is 89.9 Å². The molecule has 0 heterocycles. The average Bonchev–Trinajstić information content (AvgIpc) is 3.04. The van der Waals surface area contributed by atoms with Crippen LogP contribution in [-0.2, 0) is 36.1 Å². The highest BCUT2D eigenvalue weighted by Gasteiger charge is 2.54. The SMILES string of the molecule is CC(C)(C)C(=O)OCOP(=O)(O)C(F)(F)c1ccc(CC(C/C=C/c2ccccc2)(C(=O)c2ccccc2)c2ccccc2)cc1Br. The summed E-state index contributed by atoms with van der Waals surface area (Å²) in [4.78, 5) is 36.7. The van der Waals surface area contributed by atoms with Crippen LogP contribution in [0.3, 0.4) is 0 Å². The van der Waals surface area contributed by atoms with Crippen molar-refractivity contribution in [3.8, 4) is 0 Å². The molecular formula is C37H36BrF2O6P. The van der Waals surface area contributed by atoms with E-state index in [0.29, 0.717) is 17.5 Å². The Morgan fingerprint density at radius 2 is 1.45 bits per heavy atom. The molecule has 0 saturated heterocycles. The summed E-state index contributed by atoms with van der Waals surface area (Å²) in [5, 5.41) is 0. The zero-order chi connectivity index (χ0) is 34.3. The molecule has 6 nitrogen and oxygen atoms in total. The molecule has 10 heteroatoms. The summed E-state index contributed by atoms with van der Waals surface area (Å²) in [6, 6.07) is 31.7. The van der Waals surface area contributed by atoms with Crippen molar-refractivity contribution >= 4 is 41.4 Å². The molecule has 0 aromatic heterocycles. The minimum Gasteiger partial charge on any atom is -0.438 e. The predicted octanol–water partition coefficient (Wildman–Crippen LogP) is 9.71. The summed E-state index contributed by atoms with van der Waals surface area (Å²) < 4.78 is 52.9. The first-order valence-corrected chi connectivity index (χ1v) is 17.2. The summed E-state index contributed by atoms with van der Waals surface area (Å²) in [7, 11) is -5.66. The molecule has 4 aromatic carbocycles. The third-order valence-corrected chi connectivity index (χ3v) is 9.68. The normalized spacial score (nSPS) is 14.7. The second kappa shape index (κ2) is 15.0. The average molecular weight is 726 g/mol. The lowest BCUT2D eigenvalue weighted by molar-refractivity contribution is -0.160. The highest BCUT2D eigenvalue weighted by Crippen LogP contribution is 2.64. The van der Waals surface area contributed by atoms with Crippen molar-refractivity contribution in [1.29, 1.82) is 0 Å². The molecule has 0 fully saturated rings. The van der Waals surface area contributed by atoms with Crippen LogP contribution in [0.2, 0.25) is 0 Å². The molecule has 0 aliphatic carbocycles. The van der Waals surface area contributed by atoms with Gasteiger partial charge < -0.3 is 9.63 Å². The lowest BCUT2D eigenvalue weighted by Gasteiger charge is -2.33. The van der Waals surface area contributed by atoms with Crippen molar-refractivity contribution in [3.63, 3.8) is 0 Å². The van der Waals surface area contributed by atoms with Gasteiger partial charge in [0, 0.05) is 15.6 Å². The second-order valence-electron chi connectivity index (χ2n) is 12.1. The van der Waals surface area contributed by atoms with Gasteiger partial charge in [-0.25, -0.2) is 0 Å². The van der Waals surface area contributed by atoms with Gasteiger partial charge in [-0.1, -0.05) is 131 Å². The molecule has 0 saturated carbocycles. The quantitative estimate of drug-likeness (QED) is 0.0639. The number of carbonyl (C=O) groups excluding carboxylic acids is 2. The molecule has 4 aromatic rings. The van der Waals surface area contributed by atoms with E-state index in [0.717, 1.165) is 17.2 Å². The van der Waals surface area contributed by atoms with Crippen molar-refractivity contribution in [2.45, 2.75) is 44.7 Å². The molecule has 0 amide bonds. The number of benzene rings is 4. The minimum absolute atomic E-state index is 0.129. The van der Waals surface area contributed by atoms with Gasteiger partial charge in [0.05, 0.1) is 10.8 Å². The maximum absolute atomic E-state index is 15.5. The Kier molecular flexibility index (Phi) is 11.5. The molecule has 246 valence electrons. The maximum atomic E-state index is 15.5. The summed E-state index contributed by atoms with van der Waals surface area (Å²) >= 11 is 3.17. The second-order valence-corrected chi connectivity index (χ2v) is 14.9. The van der Waals surface area contributed by atoms with Gasteiger partial charge >= 0.3 is 19.2 Å². The summed E-state index contributed by atoms with van der Waals surface area (Å²) in [5.74, 6) is -0.928. The number of hydrogen-bond donors (Lipinski definition) is 1. The van der Waals surface area contributed by atoms with E-state index in [1.54, 1.807) is 45.0 Å². The van der Waals surface area contributed by atoms with Crippen LogP contribution in [-0.4, -0.2) is 23.4 Å². The fourth-order valence-corrected chi connectivity index (χ4v) is 6.73. The van der Waals surface area contributed by atoms with Gasteiger partial charge in [-0.3, -0.25) is 18.7 Å². The van der Waals surface area contributed by atoms with E-state index in [2.05, 4.69) is 20.5 Å². The number of ether oxygens (including phenoxy) is 1. The molecule has 0 bridgehead atoms. The fourth-order valence-electron chi connectivity index (χ4n) is 5.04. The molecule has 1 N–H and O–H groups in total. The third-order valence-electron chi connectivity index (χ3n) is 7.62. The Bertz CT molecular complexity index is 1760. The van der Waals surface area contributed by atoms with Gasteiger partial charge in [0.25, 0.3) is 0 Å². The lowest BCUT2D eigenvalue weighted by atomic mass is 9.68. The molecule has 4 rings (SSSR count). The number of ketones is 1. The first-order chi connectivity index (χ1) is 22.2. The summed E-state index contributed by atoms with van der Waals surface area (Å²) in [6.07, 6.45) is 4.30. The van der Waals surface area contributed by atoms with Crippen LogP contribution in [0.4, 0.5) is 8.78 Å². The molecular weight excluding hydrogens is 689 g/mol. The van der Waals surface area contributed by atoms with Crippen LogP contribution < -0.4 is 0 Å². The van der Waals surface area contributed by atoms with Crippen molar-refractivity contribution in [3.05, 3.63) is 148 Å². The van der Waals surface area contributed by atoms with Crippen LogP contribution in [0, 0.1) is 5.41 Å². The number of hydrogen-bond acceptors (Lipinski definition) is 5. The van der Waals surface area contributed by atoms with E-state index < -0.39 is 42.4 Å². The van der Waals surface area contributed by atoms with Gasteiger partial charge in [-0.05, 0) is 56.4 Å². The number of alkyl halides is 2. The Hall–Kier alpha value is -3.75. The Labute approximate surface area is 282 Å². The Morgan fingerprint density at radius 3 is 2.02 bits per heavy atom. The summed E-state index contributed by atoms with van der Waals surface area (Å²) in [5.41, 5.74) is -4.51. The first kappa shape index (κ1) is 36.1. The highest BCUT2D eigenvalue weighted by molar-refractivity contribution is 9.10. The molecule has 0 radical (unpaired) electrons. The van der Waals surface area contributed by atoms with Gasteiger partial charge in [-0.2, -0.15) is 8.78 Å². The van der Waals surface area contributed by atoms with Crippen LogP contribution >= 0.6 is 23.5 Å². The van der Waals surface area contributed by atoms with Crippen molar-refractivity contribution < 1.29 is 37.1 Å².